The first-order valence-electron chi connectivity index (χ1n) is 11.8. The van der Waals surface area contributed by atoms with Crippen molar-refractivity contribution in [3.8, 4) is 11.1 Å². The number of nitrogens with zero attached hydrogens (tertiary/aromatic N) is 4. The Balaban J connectivity index is 1.17. The summed E-state index contributed by atoms with van der Waals surface area (Å²) in [6, 6.07) is 16.3. The number of imidazole rings is 1. The van der Waals surface area contributed by atoms with Crippen LogP contribution < -0.4 is 5.32 Å². The van der Waals surface area contributed by atoms with Gasteiger partial charge >= 0.3 is 6.09 Å². The van der Waals surface area contributed by atoms with Crippen molar-refractivity contribution in [3.05, 3.63) is 72.3 Å². The molecule has 1 unspecified atom stereocenters. The molecule has 1 amide bonds. The highest BCUT2D eigenvalue weighted by Crippen LogP contribution is 2.44. The van der Waals surface area contributed by atoms with Gasteiger partial charge in [-0.25, -0.2) is 19.7 Å². The van der Waals surface area contributed by atoms with Crippen molar-refractivity contribution in [1.29, 1.82) is 1.43 Å². The van der Waals surface area contributed by atoms with E-state index in [0.29, 0.717) is 17.6 Å². The lowest BCUT2D eigenvalue weighted by molar-refractivity contribution is -0.0432. The summed E-state index contributed by atoms with van der Waals surface area (Å²) < 4.78 is 20.0. The van der Waals surface area contributed by atoms with Crippen LogP contribution in [0, 0.1) is 0 Å². The predicted molar refractivity (Wildman–Crippen MR) is 126 cm³/mol. The summed E-state index contributed by atoms with van der Waals surface area (Å²) in [5.74, 6) is 0.153. The van der Waals surface area contributed by atoms with E-state index in [2.05, 4.69) is 49.6 Å². The molecule has 35 heavy (non-hydrogen) atoms. The summed E-state index contributed by atoms with van der Waals surface area (Å²) in [5.41, 5.74) is 5.36. The Kier molecular flexibility index (Phi) is 5.12. The molecular formula is C25H23N5O5. The van der Waals surface area contributed by atoms with Crippen LogP contribution in [0.2, 0.25) is 0 Å². The van der Waals surface area contributed by atoms with Crippen LogP contribution in [0.5, 0.6) is 0 Å². The molecule has 0 bridgehead atoms. The highest BCUT2D eigenvalue weighted by atomic mass is 16.6. The van der Waals surface area contributed by atoms with Gasteiger partial charge in [0.2, 0.25) is 1.43 Å². The zero-order valence-corrected chi connectivity index (χ0v) is 18.6. The summed E-state index contributed by atoms with van der Waals surface area (Å²) >= 11 is 0. The Morgan fingerprint density at radius 1 is 1.14 bits per heavy atom. The van der Waals surface area contributed by atoms with Gasteiger partial charge in [0.05, 0.1) is 19.0 Å². The lowest BCUT2D eigenvalue weighted by Crippen LogP contribution is -2.24. The number of carbonyl (C=O) groups excluding carboxylic acids is 1. The molecule has 3 heterocycles. The lowest BCUT2D eigenvalue weighted by atomic mass is 9.98. The average molecular weight is 474 g/mol. The van der Waals surface area contributed by atoms with E-state index in [9.17, 15) is 9.90 Å². The zero-order chi connectivity index (χ0) is 24.6. The normalized spacial score (nSPS) is 21.5. The third-order valence-corrected chi connectivity index (χ3v) is 6.60. The second kappa shape index (κ2) is 8.73. The molecule has 2 aliphatic rings. The van der Waals surface area contributed by atoms with Gasteiger partial charge in [0.15, 0.2) is 17.0 Å². The number of anilines is 1. The van der Waals surface area contributed by atoms with Gasteiger partial charge in [-0.1, -0.05) is 48.5 Å². The fourth-order valence-electron chi connectivity index (χ4n) is 4.92. The van der Waals surface area contributed by atoms with Gasteiger partial charge in [0.25, 0.3) is 0 Å². The third-order valence-electron chi connectivity index (χ3n) is 6.60. The molecule has 1 fully saturated rings. The molecule has 1 aliphatic carbocycles. The third kappa shape index (κ3) is 3.72. The first kappa shape index (κ1) is 20.5. The fourth-order valence-corrected chi connectivity index (χ4v) is 4.92. The van der Waals surface area contributed by atoms with E-state index in [1.165, 1.54) is 12.7 Å². The van der Waals surface area contributed by atoms with Crippen molar-refractivity contribution >= 4 is 23.1 Å². The standard InChI is InChI=1S/C25H23N5O5/c31-10-20-19(32)9-21(35-20)30-13-28-22-23(26-12-27-24(22)30)29-25(33)34-11-18-16-7-3-1-5-14(16)15-6-2-4-8-17(15)18/h1-8,12-13,18-21,31-32H,9-11H2,(H,26,27,29,33)/t19?,20-,21-/m1/s1/i31D. The summed E-state index contributed by atoms with van der Waals surface area (Å²) in [6.45, 7) is 0.129. The minimum absolute atomic E-state index is 0.0477. The van der Waals surface area contributed by atoms with Crippen molar-refractivity contribution in [2.75, 3.05) is 18.5 Å². The van der Waals surface area contributed by atoms with E-state index in [1.54, 1.807) is 4.57 Å². The summed E-state index contributed by atoms with van der Waals surface area (Å²) in [4.78, 5) is 25.5. The maximum absolute atomic E-state index is 12.7. The maximum atomic E-state index is 12.7. The number of benzene rings is 2. The van der Waals surface area contributed by atoms with Gasteiger partial charge in [0, 0.05) is 12.3 Å². The minimum atomic E-state index is -0.780. The second-order valence-electron chi connectivity index (χ2n) is 8.60. The number of aromatic nitrogens is 4. The SMILES string of the molecule is [2H]OC[C@H]1O[C@@H](n2cnc3c(NC(=O)OCC4c5ccccc5-c5ccccc54)ncnc32)CC1O. The Bertz CT molecular complexity index is 1380. The molecule has 1 aliphatic heterocycles. The van der Waals surface area contributed by atoms with E-state index in [4.69, 9.17) is 10.9 Å². The van der Waals surface area contributed by atoms with Crippen LogP contribution in [0.1, 0.15) is 29.7 Å². The molecule has 10 nitrogen and oxygen atoms in total. The average Bonchev–Trinajstić information content (AvgIpc) is 3.57. The van der Waals surface area contributed by atoms with Gasteiger partial charge in [-0.15, -0.1) is 0 Å². The van der Waals surface area contributed by atoms with Crippen LogP contribution in [0.15, 0.2) is 61.2 Å². The number of carbonyl (C=O) groups is 1. The highest BCUT2D eigenvalue weighted by molar-refractivity contribution is 5.93. The Morgan fingerprint density at radius 2 is 1.89 bits per heavy atom. The van der Waals surface area contributed by atoms with Gasteiger partial charge < -0.3 is 19.7 Å². The first-order valence-corrected chi connectivity index (χ1v) is 11.3. The predicted octanol–water partition coefficient (Wildman–Crippen LogP) is 2.83. The highest BCUT2D eigenvalue weighted by Gasteiger charge is 2.35. The molecular weight excluding hydrogens is 450 g/mol. The van der Waals surface area contributed by atoms with E-state index in [-0.39, 0.29) is 24.9 Å². The Labute approximate surface area is 201 Å². The van der Waals surface area contributed by atoms with E-state index >= 15 is 0 Å². The molecule has 10 heteroatoms. The monoisotopic (exact) mass is 474 g/mol. The van der Waals surface area contributed by atoms with Crippen LogP contribution in [0.25, 0.3) is 22.3 Å². The molecule has 178 valence electrons. The number of rotatable bonds is 6. The van der Waals surface area contributed by atoms with Crippen LogP contribution in [0.3, 0.4) is 0 Å². The molecule has 2 aromatic carbocycles. The zero-order valence-electron chi connectivity index (χ0n) is 19.6. The smallest absolute Gasteiger partial charge is 0.412 e. The van der Waals surface area contributed by atoms with E-state index in [1.807, 2.05) is 24.3 Å². The summed E-state index contributed by atoms with van der Waals surface area (Å²) in [7, 11) is 0. The molecule has 0 spiro atoms. The number of fused-ring (bicyclic) bond motifs is 4. The molecule has 6 rings (SSSR count). The quantitative estimate of drug-likeness (QED) is 0.389. The van der Waals surface area contributed by atoms with Gasteiger partial charge in [-0.2, -0.15) is 0 Å². The number of amides is 1. The fraction of sp³-hybridized carbons (Fsp3) is 0.280. The maximum Gasteiger partial charge on any atom is 0.412 e. The van der Waals surface area contributed by atoms with Crippen LogP contribution >= 0.6 is 0 Å². The molecule has 0 radical (unpaired) electrons. The largest absolute Gasteiger partial charge is 0.448 e. The topological polar surface area (TPSA) is 132 Å². The lowest BCUT2D eigenvalue weighted by Gasteiger charge is -2.15. The molecule has 3 atom stereocenters. The van der Waals surface area contributed by atoms with Crippen molar-refractivity contribution in [1.82, 2.24) is 19.5 Å². The molecule has 0 saturated carbocycles. The molecule has 4 aromatic rings. The molecule has 1 saturated heterocycles. The van der Waals surface area contributed by atoms with Gasteiger partial charge in [0.1, 0.15) is 25.3 Å². The van der Waals surface area contributed by atoms with Gasteiger partial charge in [-0.3, -0.25) is 9.88 Å². The number of hydrogen-bond donors (Lipinski definition) is 3. The van der Waals surface area contributed by atoms with Crippen LogP contribution in [0.4, 0.5) is 10.6 Å². The second-order valence-corrected chi connectivity index (χ2v) is 8.60. The van der Waals surface area contributed by atoms with Crippen molar-refractivity contribution in [3.63, 3.8) is 0 Å². The number of ether oxygens (including phenoxy) is 2. The van der Waals surface area contributed by atoms with Crippen molar-refractivity contribution in [2.45, 2.75) is 30.8 Å². The van der Waals surface area contributed by atoms with Gasteiger partial charge in [-0.05, 0) is 22.3 Å². The summed E-state index contributed by atoms with van der Waals surface area (Å²) in [5, 5.41) is 17.2. The Hall–Kier alpha value is -3.86. The van der Waals surface area contributed by atoms with E-state index < -0.39 is 24.5 Å². The Morgan fingerprint density at radius 3 is 2.63 bits per heavy atom. The van der Waals surface area contributed by atoms with Crippen LogP contribution in [-0.4, -0.2) is 62.7 Å². The van der Waals surface area contributed by atoms with Crippen LogP contribution in [-0.2, 0) is 9.47 Å². The van der Waals surface area contributed by atoms with Crippen molar-refractivity contribution in [2.24, 2.45) is 0 Å². The number of aliphatic hydroxyl groups excluding tert-OH is 2. The van der Waals surface area contributed by atoms with E-state index in [0.717, 1.165) is 22.3 Å². The number of aliphatic hydroxyl groups is 2. The minimum Gasteiger partial charge on any atom is -0.448 e. The first-order chi connectivity index (χ1) is 17.6. The molecule has 2 aromatic heterocycles. The summed E-state index contributed by atoms with van der Waals surface area (Å²) in [6.07, 6.45) is 0.537. The number of nitrogens with one attached hydrogen (secondary N) is 1. The number of hydrogen-bond acceptors (Lipinski definition) is 8. The van der Waals surface area contributed by atoms with Crippen molar-refractivity contribution < 1.29 is 24.5 Å². The molecule has 3 N–H and O–H groups in total.